The molecule has 0 saturated carbocycles. The van der Waals surface area contributed by atoms with Crippen LogP contribution in [-0.4, -0.2) is 68.2 Å². The summed E-state index contributed by atoms with van der Waals surface area (Å²) in [4.78, 5) is 28.7. The maximum atomic E-state index is 14.2. The van der Waals surface area contributed by atoms with E-state index in [1.807, 2.05) is 0 Å². The van der Waals surface area contributed by atoms with Crippen LogP contribution in [0.1, 0.15) is 38.4 Å². The lowest BCUT2D eigenvalue weighted by Gasteiger charge is -2.36. The lowest BCUT2D eigenvalue weighted by Crippen LogP contribution is -2.50. The Morgan fingerprint density at radius 2 is 1.86 bits per heavy atom. The van der Waals surface area contributed by atoms with E-state index in [0.717, 1.165) is 11.8 Å². The monoisotopic (exact) mass is 504 g/mol. The summed E-state index contributed by atoms with van der Waals surface area (Å²) in [5, 5.41) is 0. The maximum absolute atomic E-state index is 14.2. The number of aromatic nitrogens is 4. The van der Waals surface area contributed by atoms with Crippen molar-refractivity contribution >= 4 is 17.6 Å². The number of rotatable bonds is 3. The average molecular weight is 505 g/mol. The van der Waals surface area contributed by atoms with Gasteiger partial charge >= 0.3 is 12.3 Å². The number of carbonyl (C=O) groups excluding carboxylic acids is 1. The van der Waals surface area contributed by atoms with Crippen molar-refractivity contribution in [2.24, 2.45) is 0 Å². The molecule has 0 spiro atoms. The Bertz CT molecular complexity index is 1330. The highest BCUT2D eigenvalue weighted by Crippen LogP contribution is 2.42. The van der Waals surface area contributed by atoms with Crippen molar-refractivity contribution in [1.29, 1.82) is 0 Å². The zero-order valence-electron chi connectivity index (χ0n) is 20.6. The molecule has 0 aliphatic carbocycles. The molecular weight excluding hydrogens is 477 g/mol. The first-order valence-corrected chi connectivity index (χ1v) is 11.6. The number of fused-ring (bicyclic) bond motifs is 3. The SMILES string of the molecule is COc1nc(-c2cnc(N3C[C@H]4C[C@@H]3CN4C(=O)OC(C)(C)C)c(C(F)(F)F)c2)cn2cc(C)nc12. The van der Waals surface area contributed by atoms with Crippen LogP contribution in [0, 0.1) is 6.92 Å². The molecule has 36 heavy (non-hydrogen) atoms. The standard InChI is InChI=1S/C24H27F3N6O3/c1-13-9-31-12-18(30-21(35-5)20(31)29-13)14-6-17(24(25,26)27)19(28-8-14)32-10-16-7-15(32)11-33(16)22(34)36-23(2,3)4/h6,8-9,12,15-16H,7,10-11H2,1-5H3/t15-,16-/m1/s1. The first-order chi connectivity index (χ1) is 16.8. The van der Waals surface area contributed by atoms with Crippen molar-refractivity contribution in [1.82, 2.24) is 24.3 Å². The number of likely N-dealkylation sites (tertiary alicyclic amines) is 1. The quantitative estimate of drug-likeness (QED) is 0.525. The fraction of sp³-hybridized carbons (Fsp3) is 0.500. The van der Waals surface area contributed by atoms with Crippen molar-refractivity contribution in [3.05, 3.63) is 35.9 Å². The van der Waals surface area contributed by atoms with Gasteiger partial charge in [0.15, 0.2) is 0 Å². The molecule has 192 valence electrons. The van der Waals surface area contributed by atoms with Crippen LogP contribution in [-0.2, 0) is 10.9 Å². The Morgan fingerprint density at radius 3 is 2.47 bits per heavy atom. The van der Waals surface area contributed by atoms with Gasteiger partial charge in [-0.15, -0.1) is 0 Å². The number of ether oxygens (including phenoxy) is 2. The summed E-state index contributed by atoms with van der Waals surface area (Å²) in [5.74, 6) is 0.0615. The van der Waals surface area contributed by atoms with E-state index in [4.69, 9.17) is 9.47 Å². The van der Waals surface area contributed by atoms with Gasteiger partial charge in [0, 0.05) is 37.2 Å². The average Bonchev–Trinajstić information content (AvgIpc) is 3.49. The topological polar surface area (TPSA) is 85.1 Å². The molecule has 9 nitrogen and oxygen atoms in total. The number of amides is 1. The van der Waals surface area contributed by atoms with Crippen LogP contribution in [0.3, 0.4) is 0 Å². The van der Waals surface area contributed by atoms with Crippen molar-refractivity contribution in [2.75, 3.05) is 25.1 Å². The first-order valence-electron chi connectivity index (χ1n) is 11.6. The summed E-state index contributed by atoms with van der Waals surface area (Å²) < 4.78 is 55.1. The number of anilines is 1. The minimum Gasteiger partial charge on any atom is -0.478 e. The van der Waals surface area contributed by atoms with E-state index in [9.17, 15) is 18.0 Å². The fourth-order valence-electron chi connectivity index (χ4n) is 4.87. The van der Waals surface area contributed by atoms with Gasteiger partial charge in [0.1, 0.15) is 11.4 Å². The lowest BCUT2D eigenvalue weighted by molar-refractivity contribution is -0.137. The van der Waals surface area contributed by atoms with Crippen molar-refractivity contribution in [2.45, 2.75) is 58.0 Å². The number of aryl methyl sites for hydroxylation is 1. The van der Waals surface area contributed by atoms with Crippen LogP contribution in [0.4, 0.5) is 23.8 Å². The molecule has 0 unspecified atom stereocenters. The highest BCUT2D eigenvalue weighted by molar-refractivity contribution is 5.71. The minimum absolute atomic E-state index is 0.144. The second-order valence-corrected chi connectivity index (χ2v) is 10.2. The summed E-state index contributed by atoms with van der Waals surface area (Å²) >= 11 is 0. The van der Waals surface area contributed by atoms with E-state index in [1.165, 1.54) is 13.3 Å². The fourth-order valence-corrected chi connectivity index (χ4v) is 4.87. The largest absolute Gasteiger partial charge is 0.478 e. The molecule has 0 aromatic carbocycles. The molecule has 2 aliphatic heterocycles. The second kappa shape index (κ2) is 8.24. The van der Waals surface area contributed by atoms with Crippen LogP contribution in [0.2, 0.25) is 0 Å². The van der Waals surface area contributed by atoms with Crippen LogP contribution in [0.25, 0.3) is 16.9 Å². The molecule has 2 aliphatic rings. The van der Waals surface area contributed by atoms with Gasteiger partial charge in [0.25, 0.3) is 5.88 Å². The Kier molecular flexibility index (Phi) is 5.53. The number of methoxy groups -OCH3 is 1. The number of piperazine rings is 1. The number of alkyl halides is 3. The third-order valence-corrected chi connectivity index (χ3v) is 6.33. The van der Waals surface area contributed by atoms with Gasteiger partial charge in [-0.1, -0.05) is 0 Å². The summed E-state index contributed by atoms with van der Waals surface area (Å²) in [6.45, 7) is 7.69. The van der Waals surface area contributed by atoms with E-state index in [1.54, 1.807) is 54.3 Å². The molecule has 0 radical (unpaired) electrons. The molecule has 2 bridgehead atoms. The Morgan fingerprint density at radius 1 is 1.11 bits per heavy atom. The highest BCUT2D eigenvalue weighted by atomic mass is 19.4. The molecule has 5 rings (SSSR count). The number of pyridine rings is 1. The molecule has 3 aromatic rings. The summed E-state index contributed by atoms with van der Waals surface area (Å²) in [6.07, 6.45) is 0.219. The van der Waals surface area contributed by atoms with Crippen molar-refractivity contribution in [3.63, 3.8) is 0 Å². The maximum Gasteiger partial charge on any atom is 0.419 e. The molecule has 1 amide bonds. The van der Waals surface area contributed by atoms with Gasteiger partial charge < -0.3 is 23.7 Å². The number of hydrogen-bond donors (Lipinski definition) is 0. The smallest absolute Gasteiger partial charge is 0.419 e. The van der Waals surface area contributed by atoms with E-state index in [0.29, 0.717) is 12.1 Å². The van der Waals surface area contributed by atoms with Crippen LogP contribution < -0.4 is 9.64 Å². The molecule has 0 N–H and O–H groups in total. The van der Waals surface area contributed by atoms with Gasteiger partial charge in [-0.25, -0.2) is 19.7 Å². The molecule has 3 aromatic heterocycles. The zero-order valence-corrected chi connectivity index (χ0v) is 20.6. The number of imidazole rings is 1. The van der Waals surface area contributed by atoms with Crippen LogP contribution in [0.15, 0.2) is 24.7 Å². The normalized spacial score (nSPS) is 19.9. The summed E-state index contributed by atoms with van der Waals surface area (Å²) in [5.41, 5.74) is 0.189. The predicted octanol–water partition coefficient (Wildman–Crippen LogP) is 4.33. The van der Waals surface area contributed by atoms with E-state index in [-0.39, 0.29) is 48.1 Å². The number of carbonyl (C=O) groups is 1. The Labute approximate surface area is 205 Å². The summed E-state index contributed by atoms with van der Waals surface area (Å²) in [7, 11) is 1.43. The summed E-state index contributed by atoms with van der Waals surface area (Å²) in [6, 6.07) is 0.563. The van der Waals surface area contributed by atoms with Crippen LogP contribution in [0.5, 0.6) is 5.88 Å². The third-order valence-electron chi connectivity index (χ3n) is 6.33. The van der Waals surface area contributed by atoms with Crippen molar-refractivity contribution in [3.8, 4) is 17.1 Å². The molecule has 2 fully saturated rings. The number of hydrogen-bond acceptors (Lipinski definition) is 7. The number of halogens is 3. The van der Waals surface area contributed by atoms with Gasteiger partial charge in [0.05, 0.1) is 36.1 Å². The molecule has 2 atom stereocenters. The lowest BCUT2D eigenvalue weighted by atomic mass is 10.1. The highest BCUT2D eigenvalue weighted by Gasteiger charge is 2.49. The van der Waals surface area contributed by atoms with Crippen LogP contribution >= 0.6 is 0 Å². The third kappa shape index (κ3) is 4.28. The molecular formula is C24H27F3N6O3. The van der Waals surface area contributed by atoms with E-state index in [2.05, 4.69) is 15.0 Å². The first kappa shape index (κ1) is 24.1. The van der Waals surface area contributed by atoms with Gasteiger partial charge in [-0.2, -0.15) is 13.2 Å². The second-order valence-electron chi connectivity index (χ2n) is 10.2. The molecule has 5 heterocycles. The predicted molar refractivity (Wildman–Crippen MR) is 125 cm³/mol. The molecule has 2 saturated heterocycles. The molecule has 12 heteroatoms. The van der Waals surface area contributed by atoms with Gasteiger partial charge in [-0.05, 0) is 40.2 Å². The van der Waals surface area contributed by atoms with Gasteiger partial charge in [-0.3, -0.25) is 0 Å². The number of nitrogens with zero attached hydrogens (tertiary/aromatic N) is 6. The zero-order chi connectivity index (χ0) is 26.0. The minimum atomic E-state index is -4.63. The van der Waals surface area contributed by atoms with E-state index < -0.39 is 23.4 Å². The van der Waals surface area contributed by atoms with E-state index >= 15 is 0 Å². The Hall–Kier alpha value is -3.57. The van der Waals surface area contributed by atoms with Crippen molar-refractivity contribution < 1.29 is 27.4 Å². The van der Waals surface area contributed by atoms with Gasteiger partial charge in [0.2, 0.25) is 5.65 Å². The Balaban J connectivity index is 1.47.